The first-order valence-electron chi connectivity index (χ1n) is 5.90. The smallest absolute Gasteiger partial charge is 0.305 e. The Morgan fingerprint density at radius 3 is 2.53 bits per heavy atom. The van der Waals surface area contributed by atoms with E-state index in [9.17, 15) is 14.0 Å². The third-order valence-electron chi connectivity index (χ3n) is 2.46. The zero-order valence-corrected chi connectivity index (χ0v) is 11.4. The van der Waals surface area contributed by atoms with Gasteiger partial charge in [-0.25, -0.2) is 4.39 Å². The van der Waals surface area contributed by atoms with Gasteiger partial charge in [-0.1, -0.05) is 6.92 Å². The molecule has 0 fully saturated rings. The lowest BCUT2D eigenvalue weighted by Gasteiger charge is -2.14. The van der Waals surface area contributed by atoms with Crippen LogP contribution in [0.15, 0.2) is 29.2 Å². The number of benzene rings is 1. The van der Waals surface area contributed by atoms with E-state index < -0.39 is 5.97 Å². The molecular formula is C13H16FNO3S. The summed E-state index contributed by atoms with van der Waals surface area (Å²) in [6.45, 7) is 1.82. The van der Waals surface area contributed by atoms with Crippen molar-refractivity contribution >= 4 is 23.6 Å². The molecule has 1 amide bonds. The van der Waals surface area contributed by atoms with E-state index >= 15 is 0 Å². The van der Waals surface area contributed by atoms with E-state index in [1.807, 2.05) is 6.92 Å². The zero-order valence-electron chi connectivity index (χ0n) is 10.6. The maximum absolute atomic E-state index is 12.7. The summed E-state index contributed by atoms with van der Waals surface area (Å²) in [5, 5.41) is 11.3. The van der Waals surface area contributed by atoms with Crippen LogP contribution in [-0.4, -0.2) is 28.8 Å². The predicted octanol–water partition coefficient (Wildman–Crippen LogP) is 2.29. The lowest BCUT2D eigenvalue weighted by molar-refractivity contribution is -0.137. The number of amides is 1. The summed E-state index contributed by atoms with van der Waals surface area (Å²) in [5.74, 6) is -1.29. The standard InChI is InChI=1S/C13H16FNO3S/c1-2-10(7-13(17)18)15-12(16)8-19-11-5-3-9(14)4-6-11/h3-6,10H,2,7-8H2,1H3,(H,15,16)(H,17,18). The number of hydrogen-bond donors (Lipinski definition) is 2. The van der Waals surface area contributed by atoms with Gasteiger partial charge in [0, 0.05) is 10.9 Å². The van der Waals surface area contributed by atoms with E-state index in [1.54, 1.807) is 12.1 Å². The van der Waals surface area contributed by atoms with Crippen molar-refractivity contribution in [3.05, 3.63) is 30.1 Å². The Labute approximate surface area is 115 Å². The van der Waals surface area contributed by atoms with Crippen LogP contribution in [0.2, 0.25) is 0 Å². The predicted molar refractivity (Wildman–Crippen MR) is 71.6 cm³/mol. The molecule has 1 aromatic carbocycles. The van der Waals surface area contributed by atoms with Crippen molar-refractivity contribution in [1.82, 2.24) is 5.32 Å². The third-order valence-corrected chi connectivity index (χ3v) is 3.47. The second-order valence-electron chi connectivity index (χ2n) is 4.01. The van der Waals surface area contributed by atoms with Crippen molar-refractivity contribution in [2.24, 2.45) is 0 Å². The van der Waals surface area contributed by atoms with Gasteiger partial charge in [-0.15, -0.1) is 11.8 Å². The van der Waals surface area contributed by atoms with Crippen molar-refractivity contribution in [3.8, 4) is 0 Å². The molecule has 0 aromatic heterocycles. The molecule has 4 nitrogen and oxygen atoms in total. The fourth-order valence-electron chi connectivity index (χ4n) is 1.46. The highest BCUT2D eigenvalue weighted by atomic mass is 32.2. The molecule has 1 atom stereocenters. The molecule has 2 N–H and O–H groups in total. The Bertz CT molecular complexity index is 436. The van der Waals surface area contributed by atoms with Gasteiger partial charge in [-0.3, -0.25) is 9.59 Å². The van der Waals surface area contributed by atoms with E-state index in [4.69, 9.17) is 5.11 Å². The number of carboxylic acids is 1. The van der Waals surface area contributed by atoms with Crippen molar-refractivity contribution in [1.29, 1.82) is 0 Å². The molecular weight excluding hydrogens is 269 g/mol. The van der Waals surface area contributed by atoms with Crippen molar-refractivity contribution in [3.63, 3.8) is 0 Å². The maximum atomic E-state index is 12.7. The third kappa shape index (κ3) is 6.24. The summed E-state index contributed by atoms with van der Waals surface area (Å²) in [6.07, 6.45) is 0.489. The van der Waals surface area contributed by atoms with Gasteiger partial charge in [0.15, 0.2) is 0 Å². The minimum absolute atomic E-state index is 0.0799. The maximum Gasteiger partial charge on any atom is 0.305 e. The molecule has 0 heterocycles. The Kier molecular flexibility index (Phi) is 6.35. The summed E-state index contributed by atoms with van der Waals surface area (Å²) in [6, 6.07) is 5.52. The van der Waals surface area contributed by atoms with Crippen LogP contribution in [0.5, 0.6) is 0 Å². The van der Waals surface area contributed by atoms with Gasteiger partial charge in [0.1, 0.15) is 5.82 Å². The number of carbonyl (C=O) groups is 2. The first-order chi connectivity index (χ1) is 9.01. The topological polar surface area (TPSA) is 66.4 Å². The van der Waals surface area contributed by atoms with Gasteiger partial charge in [0.2, 0.25) is 5.91 Å². The summed E-state index contributed by atoms with van der Waals surface area (Å²) in [4.78, 5) is 23.0. The van der Waals surface area contributed by atoms with Crippen LogP contribution in [0.3, 0.4) is 0 Å². The van der Waals surface area contributed by atoms with E-state index in [2.05, 4.69) is 5.32 Å². The molecule has 0 aliphatic rings. The molecule has 0 bridgehead atoms. The van der Waals surface area contributed by atoms with Gasteiger partial charge in [-0.2, -0.15) is 0 Å². The molecule has 1 rings (SSSR count). The molecule has 1 unspecified atom stereocenters. The molecule has 0 aliphatic heterocycles. The number of rotatable bonds is 7. The van der Waals surface area contributed by atoms with Crippen LogP contribution in [-0.2, 0) is 9.59 Å². The molecule has 1 aromatic rings. The quantitative estimate of drug-likeness (QED) is 0.754. The van der Waals surface area contributed by atoms with Crippen LogP contribution in [0.1, 0.15) is 19.8 Å². The number of aliphatic carboxylic acids is 1. The van der Waals surface area contributed by atoms with Crippen molar-refractivity contribution < 1.29 is 19.1 Å². The van der Waals surface area contributed by atoms with E-state index in [1.165, 1.54) is 23.9 Å². The minimum Gasteiger partial charge on any atom is -0.481 e. The molecule has 19 heavy (non-hydrogen) atoms. The molecule has 0 spiro atoms. The summed E-state index contributed by atoms with van der Waals surface area (Å²) >= 11 is 1.28. The second-order valence-corrected chi connectivity index (χ2v) is 5.06. The van der Waals surface area contributed by atoms with E-state index in [-0.39, 0.29) is 29.9 Å². The van der Waals surface area contributed by atoms with Gasteiger partial charge in [0.25, 0.3) is 0 Å². The zero-order chi connectivity index (χ0) is 14.3. The number of carboxylic acid groups (broad SMARTS) is 1. The Morgan fingerprint density at radius 2 is 2.00 bits per heavy atom. The number of carbonyl (C=O) groups excluding carboxylic acids is 1. The molecule has 0 aliphatic carbocycles. The van der Waals surface area contributed by atoms with E-state index in [0.29, 0.717) is 6.42 Å². The second kappa shape index (κ2) is 7.78. The van der Waals surface area contributed by atoms with E-state index in [0.717, 1.165) is 4.90 Å². The van der Waals surface area contributed by atoms with Crippen LogP contribution in [0, 0.1) is 5.82 Å². The molecule has 0 radical (unpaired) electrons. The average Bonchev–Trinajstić information content (AvgIpc) is 2.36. The molecule has 6 heteroatoms. The largest absolute Gasteiger partial charge is 0.481 e. The number of nitrogens with one attached hydrogen (secondary N) is 1. The van der Waals surface area contributed by atoms with Crippen LogP contribution in [0.25, 0.3) is 0 Å². The first-order valence-corrected chi connectivity index (χ1v) is 6.89. The normalized spacial score (nSPS) is 11.9. The first kappa shape index (κ1) is 15.5. The summed E-state index contributed by atoms with van der Waals surface area (Å²) in [5.41, 5.74) is 0. The Morgan fingerprint density at radius 1 is 1.37 bits per heavy atom. The van der Waals surface area contributed by atoms with Crippen molar-refractivity contribution in [2.75, 3.05) is 5.75 Å². The number of halogens is 1. The number of thioether (sulfide) groups is 1. The lowest BCUT2D eigenvalue weighted by atomic mass is 10.1. The highest BCUT2D eigenvalue weighted by molar-refractivity contribution is 8.00. The highest BCUT2D eigenvalue weighted by Crippen LogP contribution is 2.17. The molecule has 0 saturated heterocycles. The lowest BCUT2D eigenvalue weighted by Crippen LogP contribution is -2.37. The van der Waals surface area contributed by atoms with Crippen molar-refractivity contribution in [2.45, 2.75) is 30.7 Å². The molecule has 0 saturated carbocycles. The average molecular weight is 285 g/mol. The molecule has 104 valence electrons. The summed E-state index contributed by atoms with van der Waals surface area (Å²) in [7, 11) is 0. The van der Waals surface area contributed by atoms with Gasteiger partial charge >= 0.3 is 5.97 Å². The highest BCUT2D eigenvalue weighted by Gasteiger charge is 2.13. The monoisotopic (exact) mass is 285 g/mol. The van der Waals surface area contributed by atoms with Gasteiger partial charge in [-0.05, 0) is 30.7 Å². The Balaban J connectivity index is 2.38. The fourth-order valence-corrected chi connectivity index (χ4v) is 2.17. The number of hydrogen-bond acceptors (Lipinski definition) is 3. The van der Waals surface area contributed by atoms with Gasteiger partial charge in [0.05, 0.1) is 12.2 Å². The SMILES string of the molecule is CCC(CC(=O)O)NC(=O)CSc1ccc(F)cc1. The van der Waals surface area contributed by atoms with Crippen LogP contribution in [0.4, 0.5) is 4.39 Å². The fraction of sp³-hybridized carbons (Fsp3) is 0.385. The van der Waals surface area contributed by atoms with Crippen LogP contribution < -0.4 is 5.32 Å². The minimum atomic E-state index is -0.932. The summed E-state index contributed by atoms with van der Waals surface area (Å²) < 4.78 is 12.7. The van der Waals surface area contributed by atoms with Crippen LogP contribution >= 0.6 is 11.8 Å². The Hall–Kier alpha value is -1.56. The van der Waals surface area contributed by atoms with Gasteiger partial charge < -0.3 is 10.4 Å².